The summed E-state index contributed by atoms with van der Waals surface area (Å²) < 4.78 is 2.21. The molecular formula is C18H17BrN6OS. The van der Waals surface area contributed by atoms with Crippen LogP contribution < -0.4 is 11.3 Å². The Bertz CT molecular complexity index is 956. The maximum Gasteiger partial charge on any atom is 0.264 e. The zero-order valence-electron chi connectivity index (χ0n) is 14.5. The highest BCUT2D eigenvalue weighted by Gasteiger charge is 2.13. The van der Waals surface area contributed by atoms with Gasteiger partial charge in [-0.25, -0.2) is 10.1 Å². The Hall–Kier alpha value is -2.65. The van der Waals surface area contributed by atoms with Gasteiger partial charge in [-0.15, -0.1) is 10.2 Å². The molecule has 3 aromatic rings. The van der Waals surface area contributed by atoms with Crippen molar-refractivity contribution >= 4 is 45.1 Å². The number of ketones is 1. The SMILES string of the molecule is C/C(=N\Nc1nnc(SCC(=O)c2ccc(Br)cc2)n1N)c1ccccc1. The third-order valence-corrected chi connectivity index (χ3v) is 5.15. The van der Waals surface area contributed by atoms with Gasteiger partial charge in [0.1, 0.15) is 0 Å². The first-order chi connectivity index (χ1) is 13.0. The van der Waals surface area contributed by atoms with E-state index in [1.165, 1.54) is 16.4 Å². The normalized spacial score (nSPS) is 11.4. The number of nitrogens with two attached hydrogens (primary N) is 1. The van der Waals surface area contributed by atoms with Crippen molar-refractivity contribution in [1.82, 2.24) is 14.9 Å². The van der Waals surface area contributed by atoms with E-state index in [-0.39, 0.29) is 11.5 Å². The summed E-state index contributed by atoms with van der Waals surface area (Å²) in [4.78, 5) is 12.2. The van der Waals surface area contributed by atoms with Crippen LogP contribution in [0.5, 0.6) is 0 Å². The lowest BCUT2D eigenvalue weighted by molar-refractivity contribution is 0.102. The molecule has 0 saturated heterocycles. The summed E-state index contributed by atoms with van der Waals surface area (Å²) in [6, 6.07) is 17.0. The van der Waals surface area contributed by atoms with Gasteiger partial charge in [-0.3, -0.25) is 4.79 Å². The lowest BCUT2D eigenvalue weighted by atomic mass is 10.1. The van der Waals surface area contributed by atoms with Crippen LogP contribution in [-0.4, -0.2) is 32.1 Å². The summed E-state index contributed by atoms with van der Waals surface area (Å²) in [5.74, 6) is 6.49. The lowest BCUT2D eigenvalue weighted by Gasteiger charge is -2.04. The van der Waals surface area contributed by atoms with Crippen LogP contribution in [0.3, 0.4) is 0 Å². The molecule has 3 rings (SSSR count). The maximum atomic E-state index is 12.2. The van der Waals surface area contributed by atoms with Crippen LogP contribution in [0, 0.1) is 0 Å². The van der Waals surface area contributed by atoms with E-state index < -0.39 is 0 Å². The molecule has 0 radical (unpaired) electrons. The van der Waals surface area contributed by atoms with Crippen LogP contribution in [0.25, 0.3) is 0 Å². The van der Waals surface area contributed by atoms with E-state index in [0.717, 1.165) is 15.7 Å². The molecule has 9 heteroatoms. The van der Waals surface area contributed by atoms with Crippen molar-refractivity contribution in [2.24, 2.45) is 5.10 Å². The number of carbonyl (C=O) groups is 1. The molecule has 0 aliphatic carbocycles. The highest BCUT2D eigenvalue weighted by atomic mass is 79.9. The van der Waals surface area contributed by atoms with Crippen LogP contribution in [0.4, 0.5) is 5.95 Å². The van der Waals surface area contributed by atoms with Crippen molar-refractivity contribution in [3.8, 4) is 0 Å². The summed E-state index contributed by atoms with van der Waals surface area (Å²) in [5.41, 5.74) is 5.22. The third kappa shape index (κ3) is 4.95. The van der Waals surface area contributed by atoms with Crippen LogP contribution >= 0.6 is 27.7 Å². The van der Waals surface area contributed by atoms with Gasteiger partial charge in [-0.2, -0.15) is 5.10 Å². The Morgan fingerprint density at radius 1 is 1.15 bits per heavy atom. The maximum absolute atomic E-state index is 12.2. The molecule has 0 unspecified atom stereocenters. The predicted molar refractivity (Wildman–Crippen MR) is 112 cm³/mol. The van der Waals surface area contributed by atoms with E-state index in [1.807, 2.05) is 49.4 Å². The lowest BCUT2D eigenvalue weighted by Crippen LogP contribution is -2.14. The molecule has 0 aliphatic rings. The third-order valence-electron chi connectivity index (χ3n) is 3.68. The first-order valence-corrected chi connectivity index (χ1v) is 9.80. The fourth-order valence-corrected chi connectivity index (χ4v) is 3.19. The number of anilines is 1. The number of aromatic nitrogens is 3. The molecular weight excluding hydrogens is 428 g/mol. The number of hydrogen-bond acceptors (Lipinski definition) is 7. The highest BCUT2D eigenvalue weighted by Crippen LogP contribution is 2.19. The number of rotatable bonds is 7. The summed E-state index contributed by atoms with van der Waals surface area (Å²) in [7, 11) is 0. The summed E-state index contributed by atoms with van der Waals surface area (Å²) in [6.07, 6.45) is 0. The second-order valence-electron chi connectivity index (χ2n) is 5.57. The topological polar surface area (TPSA) is 98.2 Å². The number of thioether (sulfide) groups is 1. The van der Waals surface area contributed by atoms with Crippen molar-refractivity contribution < 1.29 is 4.79 Å². The Morgan fingerprint density at radius 3 is 2.56 bits per heavy atom. The van der Waals surface area contributed by atoms with Crippen molar-refractivity contribution in [3.63, 3.8) is 0 Å². The van der Waals surface area contributed by atoms with Crippen LogP contribution in [0.1, 0.15) is 22.8 Å². The zero-order chi connectivity index (χ0) is 19.2. The first-order valence-electron chi connectivity index (χ1n) is 8.02. The molecule has 27 heavy (non-hydrogen) atoms. The monoisotopic (exact) mass is 444 g/mol. The second-order valence-corrected chi connectivity index (χ2v) is 7.43. The summed E-state index contributed by atoms with van der Waals surface area (Å²) in [6.45, 7) is 1.88. The van der Waals surface area contributed by atoms with E-state index in [1.54, 1.807) is 12.1 Å². The molecule has 0 saturated carbocycles. The standard InChI is InChI=1S/C18H17BrN6OS/c1-12(13-5-3-2-4-6-13)21-22-17-23-24-18(25(17)20)27-11-16(26)14-7-9-15(19)10-8-14/h2-10H,11,20H2,1H3,(H,22,23)/b21-12+. The molecule has 7 nitrogen and oxygen atoms in total. The van der Waals surface area contributed by atoms with Crippen LogP contribution in [0.2, 0.25) is 0 Å². The number of benzene rings is 2. The Morgan fingerprint density at radius 2 is 1.85 bits per heavy atom. The van der Waals surface area contributed by atoms with Gasteiger partial charge in [0, 0.05) is 10.0 Å². The Balaban J connectivity index is 1.61. The quantitative estimate of drug-likeness (QED) is 0.190. The number of nitrogens with one attached hydrogen (secondary N) is 1. The number of nitrogens with zero attached hydrogens (tertiary/aromatic N) is 4. The molecule has 0 spiro atoms. The number of hydrazone groups is 1. The number of Topliss-reactive ketones (excluding diaryl/α,β-unsaturated/α-hetero) is 1. The number of nitrogen functional groups attached to an aromatic ring is 1. The zero-order valence-corrected chi connectivity index (χ0v) is 16.9. The molecule has 1 heterocycles. The minimum absolute atomic E-state index is 0.0112. The molecule has 3 N–H and O–H groups in total. The van der Waals surface area contributed by atoms with Crippen molar-refractivity contribution in [2.45, 2.75) is 12.1 Å². The van der Waals surface area contributed by atoms with Gasteiger partial charge in [-0.05, 0) is 24.6 Å². The Kier molecular flexibility index (Phi) is 6.25. The van der Waals surface area contributed by atoms with E-state index in [2.05, 4.69) is 36.7 Å². The van der Waals surface area contributed by atoms with Gasteiger partial charge in [0.2, 0.25) is 5.16 Å². The van der Waals surface area contributed by atoms with Gasteiger partial charge in [0.05, 0.1) is 11.5 Å². The van der Waals surface area contributed by atoms with Crippen LogP contribution in [0.15, 0.2) is 69.3 Å². The van der Waals surface area contributed by atoms with Gasteiger partial charge in [-0.1, -0.05) is 70.2 Å². The molecule has 0 atom stereocenters. The van der Waals surface area contributed by atoms with E-state index >= 15 is 0 Å². The molecule has 0 fully saturated rings. The first kappa shape index (κ1) is 19.1. The Labute approximate surface area is 169 Å². The molecule has 0 aliphatic heterocycles. The molecule has 138 valence electrons. The number of hydrogen-bond donors (Lipinski definition) is 2. The fraction of sp³-hybridized carbons (Fsp3) is 0.111. The van der Waals surface area contributed by atoms with Crippen molar-refractivity contribution in [3.05, 3.63) is 70.2 Å². The minimum Gasteiger partial charge on any atom is -0.334 e. The van der Waals surface area contributed by atoms with Gasteiger partial charge < -0.3 is 5.84 Å². The summed E-state index contributed by atoms with van der Waals surface area (Å²) in [5, 5.41) is 12.7. The van der Waals surface area contributed by atoms with Crippen LogP contribution in [-0.2, 0) is 0 Å². The van der Waals surface area contributed by atoms with Crippen molar-refractivity contribution in [2.75, 3.05) is 17.0 Å². The molecule has 2 aromatic carbocycles. The van der Waals surface area contributed by atoms with Crippen molar-refractivity contribution in [1.29, 1.82) is 0 Å². The highest BCUT2D eigenvalue weighted by molar-refractivity contribution is 9.10. The van der Waals surface area contributed by atoms with Gasteiger partial charge in [0.25, 0.3) is 5.95 Å². The molecule has 1 aromatic heterocycles. The fourth-order valence-electron chi connectivity index (χ4n) is 2.18. The predicted octanol–water partition coefficient (Wildman–Crippen LogP) is 3.57. The van der Waals surface area contributed by atoms with E-state index in [9.17, 15) is 4.79 Å². The average molecular weight is 445 g/mol. The molecule has 0 amide bonds. The van der Waals surface area contributed by atoms with Gasteiger partial charge >= 0.3 is 0 Å². The number of carbonyl (C=O) groups excluding carboxylic acids is 1. The molecule has 0 bridgehead atoms. The second kappa shape index (κ2) is 8.83. The van der Waals surface area contributed by atoms with E-state index in [4.69, 9.17) is 5.84 Å². The summed E-state index contributed by atoms with van der Waals surface area (Å²) >= 11 is 4.57. The minimum atomic E-state index is -0.0112. The largest absolute Gasteiger partial charge is 0.334 e. The number of halogens is 1. The van der Waals surface area contributed by atoms with Gasteiger partial charge in [0.15, 0.2) is 5.78 Å². The average Bonchev–Trinajstić information content (AvgIpc) is 3.05. The van der Waals surface area contributed by atoms with E-state index in [0.29, 0.717) is 16.7 Å². The smallest absolute Gasteiger partial charge is 0.264 e.